The quantitative estimate of drug-likeness (QED) is 0.831. The van der Waals surface area contributed by atoms with Crippen LogP contribution < -0.4 is 10.1 Å². The van der Waals surface area contributed by atoms with Crippen LogP contribution in [0.15, 0.2) is 24.3 Å². The molecule has 1 aromatic rings. The highest BCUT2D eigenvalue weighted by molar-refractivity contribution is 5.77. The molecule has 5 nitrogen and oxygen atoms in total. The van der Waals surface area contributed by atoms with Gasteiger partial charge in [0.15, 0.2) is 0 Å². The van der Waals surface area contributed by atoms with E-state index in [1.54, 1.807) is 0 Å². The Morgan fingerprint density at radius 1 is 1.21 bits per heavy atom. The maximum absolute atomic E-state index is 12.1. The minimum Gasteiger partial charge on any atom is -0.481 e. The van der Waals surface area contributed by atoms with E-state index in [0.29, 0.717) is 25.7 Å². The average molecular weight is 345 g/mol. The second kappa shape index (κ2) is 7.55. The van der Waals surface area contributed by atoms with Crippen LogP contribution in [0.2, 0.25) is 0 Å². The maximum atomic E-state index is 12.1. The molecule has 2 atom stereocenters. The van der Waals surface area contributed by atoms with E-state index < -0.39 is 18.2 Å². The largest absolute Gasteiger partial charge is 0.573 e. The molecule has 0 radical (unpaired) electrons. The number of carbonyl (C=O) groups is 2. The van der Waals surface area contributed by atoms with E-state index in [1.165, 1.54) is 24.3 Å². The molecular formula is C16H18F3NO4. The van der Waals surface area contributed by atoms with Crippen LogP contribution in [0.1, 0.15) is 31.2 Å². The van der Waals surface area contributed by atoms with E-state index in [9.17, 15) is 22.8 Å². The lowest BCUT2D eigenvalue weighted by atomic mass is 10.1. The van der Waals surface area contributed by atoms with Crippen molar-refractivity contribution in [2.75, 3.05) is 0 Å². The van der Waals surface area contributed by atoms with Gasteiger partial charge in [-0.05, 0) is 43.4 Å². The van der Waals surface area contributed by atoms with Crippen LogP contribution in [0.5, 0.6) is 5.75 Å². The van der Waals surface area contributed by atoms with Gasteiger partial charge in [0.25, 0.3) is 0 Å². The lowest BCUT2D eigenvalue weighted by Gasteiger charge is -2.12. The molecule has 1 aromatic carbocycles. The molecule has 0 spiro atoms. The Labute approximate surface area is 136 Å². The van der Waals surface area contributed by atoms with E-state index in [1.807, 2.05) is 0 Å². The van der Waals surface area contributed by atoms with Crippen LogP contribution in [0.3, 0.4) is 0 Å². The predicted molar refractivity (Wildman–Crippen MR) is 78.4 cm³/mol. The molecule has 2 N–H and O–H groups in total. The third-order valence-electron chi connectivity index (χ3n) is 3.94. The lowest BCUT2D eigenvalue weighted by molar-refractivity contribution is -0.274. The second-order valence-electron chi connectivity index (χ2n) is 5.80. The molecule has 0 bridgehead atoms. The van der Waals surface area contributed by atoms with Crippen molar-refractivity contribution in [1.29, 1.82) is 0 Å². The Kier molecular flexibility index (Phi) is 5.69. The van der Waals surface area contributed by atoms with Gasteiger partial charge in [0, 0.05) is 12.5 Å². The van der Waals surface area contributed by atoms with Crippen LogP contribution in [0.4, 0.5) is 13.2 Å². The van der Waals surface area contributed by atoms with Crippen molar-refractivity contribution < 1.29 is 32.6 Å². The van der Waals surface area contributed by atoms with Crippen molar-refractivity contribution in [2.24, 2.45) is 5.92 Å². The van der Waals surface area contributed by atoms with Crippen LogP contribution in [0, 0.1) is 5.92 Å². The smallest absolute Gasteiger partial charge is 0.481 e. The first-order valence-corrected chi connectivity index (χ1v) is 7.60. The number of amides is 1. The summed E-state index contributed by atoms with van der Waals surface area (Å²) >= 11 is 0. The van der Waals surface area contributed by atoms with E-state index in [-0.39, 0.29) is 24.1 Å². The van der Waals surface area contributed by atoms with Gasteiger partial charge in [0.1, 0.15) is 5.75 Å². The van der Waals surface area contributed by atoms with Crippen LogP contribution in [-0.4, -0.2) is 29.4 Å². The molecule has 0 aliphatic heterocycles. The monoisotopic (exact) mass is 345 g/mol. The number of carboxylic acids is 1. The Hall–Kier alpha value is -2.25. The molecule has 1 fully saturated rings. The van der Waals surface area contributed by atoms with Crippen molar-refractivity contribution in [3.8, 4) is 5.75 Å². The Bertz CT molecular complexity index is 586. The standard InChI is InChI=1S/C16H18F3NO4/c17-16(18,19)24-13-6-1-10(2-7-13)3-8-14(21)20-12-5-4-11(9-12)15(22)23/h1-2,6-7,11-12H,3-5,8-9H2,(H,20,21)(H,22,23)/t11-,12+/m1/s1. The summed E-state index contributed by atoms with van der Waals surface area (Å²) in [7, 11) is 0. The molecule has 2 rings (SSSR count). The van der Waals surface area contributed by atoms with E-state index in [4.69, 9.17) is 5.11 Å². The van der Waals surface area contributed by atoms with Crippen molar-refractivity contribution in [1.82, 2.24) is 5.32 Å². The first-order chi connectivity index (χ1) is 11.2. The number of carbonyl (C=O) groups excluding carboxylic acids is 1. The van der Waals surface area contributed by atoms with E-state index >= 15 is 0 Å². The maximum Gasteiger partial charge on any atom is 0.573 e. The third kappa shape index (κ3) is 5.75. The minimum atomic E-state index is -4.73. The molecule has 132 valence electrons. The van der Waals surface area contributed by atoms with Gasteiger partial charge in [-0.1, -0.05) is 12.1 Å². The van der Waals surface area contributed by atoms with Gasteiger partial charge in [0.2, 0.25) is 5.91 Å². The Morgan fingerprint density at radius 2 is 1.88 bits per heavy atom. The zero-order valence-electron chi connectivity index (χ0n) is 12.8. The summed E-state index contributed by atoms with van der Waals surface area (Å²) < 4.78 is 39.9. The highest BCUT2D eigenvalue weighted by Crippen LogP contribution is 2.26. The topological polar surface area (TPSA) is 75.6 Å². The number of aryl methyl sites for hydroxylation is 1. The molecule has 1 amide bonds. The van der Waals surface area contributed by atoms with Crippen molar-refractivity contribution in [3.05, 3.63) is 29.8 Å². The molecule has 0 heterocycles. The van der Waals surface area contributed by atoms with Gasteiger partial charge >= 0.3 is 12.3 Å². The first kappa shape index (κ1) is 18.1. The van der Waals surface area contributed by atoms with Crippen LogP contribution >= 0.6 is 0 Å². The highest BCUT2D eigenvalue weighted by Gasteiger charge is 2.31. The van der Waals surface area contributed by atoms with Crippen molar-refractivity contribution >= 4 is 11.9 Å². The highest BCUT2D eigenvalue weighted by atomic mass is 19.4. The molecule has 24 heavy (non-hydrogen) atoms. The number of nitrogens with one attached hydrogen (secondary N) is 1. The van der Waals surface area contributed by atoms with Gasteiger partial charge in [-0.25, -0.2) is 0 Å². The fraction of sp³-hybridized carbons (Fsp3) is 0.500. The van der Waals surface area contributed by atoms with Gasteiger partial charge in [-0.15, -0.1) is 13.2 Å². The first-order valence-electron chi connectivity index (χ1n) is 7.60. The SMILES string of the molecule is O=C(CCc1ccc(OC(F)(F)F)cc1)N[C@H]1CC[C@@H](C(=O)O)C1. The average Bonchev–Trinajstić information content (AvgIpc) is 2.93. The minimum absolute atomic E-state index is 0.124. The lowest BCUT2D eigenvalue weighted by Crippen LogP contribution is -2.33. The number of carboxylic acid groups (broad SMARTS) is 1. The molecule has 1 saturated carbocycles. The fourth-order valence-corrected chi connectivity index (χ4v) is 2.75. The normalized spacial score (nSPS) is 20.6. The summed E-state index contributed by atoms with van der Waals surface area (Å²) in [6.07, 6.45) is -2.52. The van der Waals surface area contributed by atoms with Gasteiger partial charge in [-0.3, -0.25) is 9.59 Å². The van der Waals surface area contributed by atoms with Gasteiger partial charge in [0.05, 0.1) is 5.92 Å². The van der Waals surface area contributed by atoms with E-state index in [0.717, 1.165) is 5.56 Å². The number of aliphatic carboxylic acids is 1. The molecule has 0 aromatic heterocycles. The fourth-order valence-electron chi connectivity index (χ4n) is 2.75. The number of benzene rings is 1. The van der Waals surface area contributed by atoms with Crippen LogP contribution in [0.25, 0.3) is 0 Å². The summed E-state index contributed by atoms with van der Waals surface area (Å²) in [6, 6.07) is 5.24. The van der Waals surface area contributed by atoms with Crippen LogP contribution in [-0.2, 0) is 16.0 Å². The van der Waals surface area contributed by atoms with Crippen molar-refractivity contribution in [3.63, 3.8) is 0 Å². The third-order valence-corrected chi connectivity index (χ3v) is 3.94. The molecule has 1 aliphatic rings. The molecule has 0 saturated heterocycles. The predicted octanol–water partition coefficient (Wildman–Crippen LogP) is 2.89. The van der Waals surface area contributed by atoms with E-state index in [2.05, 4.69) is 10.1 Å². The number of ether oxygens (including phenoxy) is 1. The number of alkyl halides is 3. The molecular weight excluding hydrogens is 327 g/mol. The summed E-state index contributed by atoms with van der Waals surface area (Å²) in [5.41, 5.74) is 0.717. The summed E-state index contributed by atoms with van der Waals surface area (Å²) in [5.74, 6) is -1.74. The zero-order chi connectivity index (χ0) is 17.7. The van der Waals surface area contributed by atoms with Gasteiger partial charge in [-0.2, -0.15) is 0 Å². The molecule has 1 aliphatic carbocycles. The summed E-state index contributed by atoms with van der Waals surface area (Å²) in [6.45, 7) is 0. The number of hydrogen-bond acceptors (Lipinski definition) is 3. The number of hydrogen-bond donors (Lipinski definition) is 2. The number of rotatable bonds is 6. The summed E-state index contributed by atoms with van der Waals surface area (Å²) in [4.78, 5) is 22.7. The van der Waals surface area contributed by atoms with Crippen molar-refractivity contribution in [2.45, 2.75) is 44.5 Å². The summed E-state index contributed by atoms with van der Waals surface area (Å²) in [5, 5.41) is 11.7. The Balaban J connectivity index is 1.75. The molecule has 0 unspecified atom stereocenters. The van der Waals surface area contributed by atoms with Gasteiger partial charge < -0.3 is 15.2 Å². The molecule has 8 heteroatoms. The number of halogens is 3. The Morgan fingerprint density at radius 3 is 2.42 bits per heavy atom. The second-order valence-corrected chi connectivity index (χ2v) is 5.80. The zero-order valence-corrected chi connectivity index (χ0v) is 12.8.